The summed E-state index contributed by atoms with van der Waals surface area (Å²) in [7, 11) is 2.03. The van der Waals surface area contributed by atoms with Crippen LogP contribution in [-0.2, 0) is 13.1 Å². The highest BCUT2D eigenvalue weighted by Crippen LogP contribution is 2.22. The average Bonchev–Trinajstić information content (AvgIpc) is 3.13. The van der Waals surface area contributed by atoms with E-state index in [2.05, 4.69) is 20.9 Å². The highest BCUT2D eigenvalue weighted by Gasteiger charge is 2.19. The van der Waals surface area contributed by atoms with Crippen molar-refractivity contribution in [1.29, 1.82) is 0 Å². The van der Waals surface area contributed by atoms with E-state index in [9.17, 15) is 4.79 Å². The third kappa shape index (κ3) is 5.62. The van der Waals surface area contributed by atoms with E-state index in [1.807, 2.05) is 37.4 Å². The quantitative estimate of drug-likeness (QED) is 0.748. The predicted molar refractivity (Wildman–Crippen MR) is 106 cm³/mol. The molecule has 0 bridgehead atoms. The predicted octanol–water partition coefficient (Wildman–Crippen LogP) is 2.89. The molecule has 0 saturated carbocycles. The van der Waals surface area contributed by atoms with Gasteiger partial charge < -0.3 is 10.6 Å². The molecule has 1 aliphatic rings. The number of aromatic nitrogens is 1. The fourth-order valence-corrected chi connectivity index (χ4v) is 4.09. The molecular weight excluding hydrogens is 344 g/mol. The Hall–Kier alpha value is -1.76. The van der Waals surface area contributed by atoms with Crippen LogP contribution in [0.4, 0.5) is 0 Å². The molecule has 1 amide bonds. The summed E-state index contributed by atoms with van der Waals surface area (Å²) in [5, 5.41) is 9.28. The van der Waals surface area contributed by atoms with Crippen LogP contribution in [-0.4, -0.2) is 42.5 Å². The molecule has 1 aromatic carbocycles. The Bertz CT molecular complexity index is 680. The van der Waals surface area contributed by atoms with Gasteiger partial charge in [-0.05, 0) is 64.0 Å². The number of carbonyl (C=O) groups excluding carboxylic acids is 1. The van der Waals surface area contributed by atoms with Gasteiger partial charge in [0.2, 0.25) is 0 Å². The molecule has 0 aliphatic carbocycles. The van der Waals surface area contributed by atoms with Gasteiger partial charge in [-0.3, -0.25) is 9.69 Å². The van der Waals surface area contributed by atoms with Gasteiger partial charge in [0.25, 0.3) is 5.91 Å². The molecule has 0 radical (unpaired) electrons. The second-order valence-electron chi connectivity index (χ2n) is 6.89. The van der Waals surface area contributed by atoms with Crippen molar-refractivity contribution in [2.75, 3.05) is 26.7 Å². The number of nitrogens with zero attached hydrogens (tertiary/aromatic N) is 2. The summed E-state index contributed by atoms with van der Waals surface area (Å²) in [5.74, 6) is 0.809. The molecule has 1 aliphatic heterocycles. The van der Waals surface area contributed by atoms with Crippen LogP contribution in [0.15, 0.2) is 35.7 Å². The monoisotopic (exact) mass is 372 g/mol. The Labute approximate surface area is 159 Å². The molecule has 3 rings (SSSR count). The maximum Gasteiger partial charge on any atom is 0.251 e. The van der Waals surface area contributed by atoms with E-state index in [0.29, 0.717) is 12.1 Å². The van der Waals surface area contributed by atoms with Gasteiger partial charge in [0.15, 0.2) is 0 Å². The lowest BCUT2D eigenvalue weighted by Gasteiger charge is -2.31. The maximum atomic E-state index is 12.1. The van der Waals surface area contributed by atoms with Crippen LogP contribution in [0, 0.1) is 5.92 Å². The molecular formula is C20H28N4OS. The Balaban J connectivity index is 1.42. The van der Waals surface area contributed by atoms with E-state index < -0.39 is 0 Å². The summed E-state index contributed by atoms with van der Waals surface area (Å²) < 4.78 is 0. The second-order valence-corrected chi connectivity index (χ2v) is 7.84. The molecule has 5 nitrogen and oxygen atoms in total. The summed E-state index contributed by atoms with van der Waals surface area (Å²) in [6.07, 6.45) is 3.85. The first-order valence-corrected chi connectivity index (χ1v) is 10.3. The number of carbonyl (C=O) groups is 1. The van der Waals surface area contributed by atoms with Crippen molar-refractivity contribution in [2.45, 2.75) is 32.4 Å². The van der Waals surface area contributed by atoms with Crippen LogP contribution < -0.4 is 10.6 Å². The molecule has 2 N–H and O–H groups in total. The lowest BCUT2D eigenvalue weighted by Crippen LogP contribution is -2.34. The van der Waals surface area contributed by atoms with E-state index >= 15 is 0 Å². The van der Waals surface area contributed by atoms with Crippen molar-refractivity contribution < 1.29 is 4.79 Å². The first kappa shape index (κ1) is 19.0. The van der Waals surface area contributed by atoms with Crippen LogP contribution in [0.1, 0.15) is 40.3 Å². The topological polar surface area (TPSA) is 57.3 Å². The molecule has 1 aromatic heterocycles. The highest BCUT2D eigenvalue weighted by molar-refractivity contribution is 7.09. The Morgan fingerprint density at radius 1 is 1.27 bits per heavy atom. The SMILES string of the molecule is CNCCC1CCN(Cc2csc(CNC(=O)c3ccccc3)n2)CC1. The van der Waals surface area contributed by atoms with Gasteiger partial charge >= 0.3 is 0 Å². The zero-order valence-corrected chi connectivity index (χ0v) is 16.2. The van der Waals surface area contributed by atoms with Gasteiger partial charge in [-0.1, -0.05) is 18.2 Å². The summed E-state index contributed by atoms with van der Waals surface area (Å²) in [6, 6.07) is 9.30. The molecule has 26 heavy (non-hydrogen) atoms. The lowest BCUT2D eigenvalue weighted by molar-refractivity contribution is 0.0951. The van der Waals surface area contributed by atoms with Gasteiger partial charge in [0.1, 0.15) is 5.01 Å². The van der Waals surface area contributed by atoms with Crippen molar-refractivity contribution in [3.63, 3.8) is 0 Å². The number of amides is 1. The first-order chi connectivity index (χ1) is 12.7. The number of benzene rings is 1. The molecule has 1 fully saturated rings. The van der Waals surface area contributed by atoms with Gasteiger partial charge in [0, 0.05) is 17.5 Å². The Morgan fingerprint density at radius 2 is 2.04 bits per heavy atom. The third-order valence-corrected chi connectivity index (χ3v) is 5.83. The Morgan fingerprint density at radius 3 is 2.77 bits per heavy atom. The molecule has 0 atom stereocenters. The van der Waals surface area contributed by atoms with E-state index in [1.54, 1.807) is 11.3 Å². The molecule has 0 spiro atoms. The van der Waals surface area contributed by atoms with Crippen LogP contribution in [0.2, 0.25) is 0 Å². The van der Waals surface area contributed by atoms with Crippen LogP contribution in [0.3, 0.4) is 0 Å². The average molecular weight is 373 g/mol. The van der Waals surface area contributed by atoms with Gasteiger partial charge in [-0.15, -0.1) is 11.3 Å². The molecule has 2 aromatic rings. The zero-order valence-electron chi connectivity index (χ0n) is 15.4. The van der Waals surface area contributed by atoms with Crippen LogP contribution in [0.5, 0.6) is 0 Å². The number of thiazole rings is 1. The number of piperidine rings is 1. The fourth-order valence-electron chi connectivity index (χ4n) is 3.36. The summed E-state index contributed by atoms with van der Waals surface area (Å²) in [6.45, 7) is 4.85. The largest absolute Gasteiger partial charge is 0.346 e. The van der Waals surface area contributed by atoms with Crippen molar-refractivity contribution in [1.82, 2.24) is 20.5 Å². The summed E-state index contributed by atoms with van der Waals surface area (Å²) in [5.41, 5.74) is 1.80. The molecule has 2 heterocycles. The summed E-state index contributed by atoms with van der Waals surface area (Å²) in [4.78, 5) is 19.3. The van der Waals surface area contributed by atoms with E-state index in [4.69, 9.17) is 4.98 Å². The number of rotatable bonds is 8. The van der Waals surface area contributed by atoms with E-state index in [0.717, 1.165) is 42.8 Å². The third-order valence-electron chi connectivity index (χ3n) is 4.93. The smallest absolute Gasteiger partial charge is 0.251 e. The van der Waals surface area contributed by atoms with E-state index in [1.165, 1.54) is 19.3 Å². The second kappa shape index (κ2) is 9.80. The standard InChI is InChI=1S/C20H28N4OS/c1-21-10-7-16-8-11-24(12-9-16)14-18-15-26-19(23-18)13-22-20(25)17-5-3-2-4-6-17/h2-6,15-16,21H,7-14H2,1H3,(H,22,25). The van der Waals surface area contributed by atoms with Crippen molar-refractivity contribution in [2.24, 2.45) is 5.92 Å². The number of hydrogen-bond acceptors (Lipinski definition) is 5. The fraction of sp³-hybridized carbons (Fsp3) is 0.500. The lowest BCUT2D eigenvalue weighted by atomic mass is 9.93. The zero-order chi connectivity index (χ0) is 18.2. The van der Waals surface area contributed by atoms with Crippen molar-refractivity contribution in [3.05, 3.63) is 52.0 Å². The maximum absolute atomic E-state index is 12.1. The normalized spacial score (nSPS) is 15.9. The van der Waals surface area contributed by atoms with Gasteiger partial charge in [-0.2, -0.15) is 0 Å². The molecule has 6 heteroatoms. The Kier molecular flexibility index (Phi) is 7.17. The van der Waals surface area contributed by atoms with Crippen molar-refractivity contribution in [3.8, 4) is 0 Å². The number of likely N-dealkylation sites (tertiary alicyclic amines) is 1. The van der Waals surface area contributed by atoms with E-state index in [-0.39, 0.29) is 5.91 Å². The molecule has 1 saturated heterocycles. The minimum absolute atomic E-state index is 0.0500. The minimum Gasteiger partial charge on any atom is -0.346 e. The minimum atomic E-state index is -0.0500. The van der Waals surface area contributed by atoms with Gasteiger partial charge in [0.05, 0.1) is 12.2 Å². The van der Waals surface area contributed by atoms with Crippen molar-refractivity contribution >= 4 is 17.2 Å². The highest BCUT2D eigenvalue weighted by atomic mass is 32.1. The number of hydrogen-bond donors (Lipinski definition) is 2. The molecule has 0 unspecified atom stereocenters. The van der Waals surface area contributed by atoms with Crippen LogP contribution >= 0.6 is 11.3 Å². The first-order valence-electron chi connectivity index (χ1n) is 9.38. The number of nitrogens with one attached hydrogen (secondary N) is 2. The van der Waals surface area contributed by atoms with Gasteiger partial charge in [-0.25, -0.2) is 4.98 Å². The molecule has 140 valence electrons. The van der Waals surface area contributed by atoms with Crippen LogP contribution in [0.25, 0.3) is 0 Å². The summed E-state index contributed by atoms with van der Waals surface area (Å²) >= 11 is 1.63.